The third-order valence-corrected chi connectivity index (χ3v) is 2.39. The highest BCUT2D eigenvalue weighted by Gasteiger charge is 2.06. The zero-order valence-electron chi connectivity index (χ0n) is 6.64. The van der Waals surface area contributed by atoms with Gasteiger partial charge < -0.3 is 10.8 Å². The summed E-state index contributed by atoms with van der Waals surface area (Å²) in [6.07, 6.45) is 3.08. The number of hydrogen-bond acceptors (Lipinski definition) is 5. The molecule has 0 unspecified atom stereocenters. The first-order valence-corrected chi connectivity index (χ1v) is 4.48. The molecule has 3 N–H and O–H groups in total. The standard InChI is InChI=1S/C8H7N3OS/c9-5-1-6(8(12)11-2-5)7-3-10-4-13-7/h1-4H,9H2,(H,11,12). The van der Waals surface area contributed by atoms with Crippen molar-refractivity contribution in [1.82, 2.24) is 9.97 Å². The second-order valence-corrected chi connectivity index (χ2v) is 3.39. The highest BCUT2D eigenvalue weighted by atomic mass is 32.1. The van der Waals surface area contributed by atoms with Crippen LogP contribution >= 0.6 is 11.3 Å². The minimum Gasteiger partial charge on any atom is -0.493 e. The number of pyridine rings is 1. The molecule has 0 fully saturated rings. The lowest BCUT2D eigenvalue weighted by atomic mass is 10.2. The van der Waals surface area contributed by atoms with Gasteiger partial charge in [0, 0.05) is 6.20 Å². The maximum Gasteiger partial charge on any atom is 0.219 e. The van der Waals surface area contributed by atoms with Crippen LogP contribution in [0.4, 0.5) is 5.69 Å². The van der Waals surface area contributed by atoms with Gasteiger partial charge in [-0.1, -0.05) is 0 Å². The number of aromatic nitrogens is 2. The van der Waals surface area contributed by atoms with E-state index in [-0.39, 0.29) is 5.88 Å². The number of aromatic hydroxyl groups is 1. The van der Waals surface area contributed by atoms with E-state index in [2.05, 4.69) is 9.97 Å². The van der Waals surface area contributed by atoms with E-state index in [9.17, 15) is 5.11 Å². The summed E-state index contributed by atoms with van der Waals surface area (Å²) in [4.78, 5) is 8.51. The van der Waals surface area contributed by atoms with Crippen molar-refractivity contribution in [3.05, 3.63) is 24.0 Å². The molecule has 5 heteroatoms. The molecule has 0 spiro atoms. The van der Waals surface area contributed by atoms with Crippen LogP contribution in [-0.4, -0.2) is 15.1 Å². The summed E-state index contributed by atoms with van der Waals surface area (Å²) in [6, 6.07) is 1.68. The molecule has 2 heterocycles. The predicted octanol–water partition coefficient (Wildman–Crippen LogP) is 1.49. The Hall–Kier alpha value is -1.62. The van der Waals surface area contributed by atoms with Gasteiger partial charge in [-0.2, -0.15) is 0 Å². The zero-order chi connectivity index (χ0) is 9.26. The van der Waals surface area contributed by atoms with Crippen molar-refractivity contribution in [2.24, 2.45) is 0 Å². The van der Waals surface area contributed by atoms with Crippen LogP contribution in [0.15, 0.2) is 24.0 Å². The van der Waals surface area contributed by atoms with Crippen molar-refractivity contribution in [2.75, 3.05) is 5.73 Å². The third kappa shape index (κ3) is 1.46. The fourth-order valence-corrected chi connectivity index (χ4v) is 1.64. The average molecular weight is 193 g/mol. The van der Waals surface area contributed by atoms with Crippen molar-refractivity contribution in [2.45, 2.75) is 0 Å². The molecule has 2 aromatic heterocycles. The second-order valence-electron chi connectivity index (χ2n) is 2.51. The molecule has 0 bridgehead atoms. The molecule has 2 aromatic rings. The van der Waals surface area contributed by atoms with Crippen LogP contribution in [0.25, 0.3) is 10.4 Å². The van der Waals surface area contributed by atoms with Crippen LogP contribution in [0, 0.1) is 0 Å². The lowest BCUT2D eigenvalue weighted by Crippen LogP contribution is -1.87. The van der Waals surface area contributed by atoms with Crippen molar-refractivity contribution in [1.29, 1.82) is 0 Å². The smallest absolute Gasteiger partial charge is 0.219 e. The summed E-state index contributed by atoms with van der Waals surface area (Å²) in [6.45, 7) is 0. The van der Waals surface area contributed by atoms with E-state index in [1.54, 1.807) is 17.8 Å². The summed E-state index contributed by atoms with van der Waals surface area (Å²) < 4.78 is 0. The maximum absolute atomic E-state index is 9.42. The van der Waals surface area contributed by atoms with Crippen LogP contribution in [0.2, 0.25) is 0 Å². The van der Waals surface area contributed by atoms with Gasteiger partial charge in [0.15, 0.2) is 0 Å². The first-order valence-electron chi connectivity index (χ1n) is 3.61. The first-order chi connectivity index (χ1) is 6.27. The van der Waals surface area contributed by atoms with Gasteiger partial charge in [-0.3, -0.25) is 4.98 Å². The highest BCUT2D eigenvalue weighted by Crippen LogP contribution is 2.30. The summed E-state index contributed by atoms with van der Waals surface area (Å²) in [5, 5.41) is 9.42. The summed E-state index contributed by atoms with van der Waals surface area (Å²) in [5.41, 5.74) is 8.39. The molecule has 0 aromatic carbocycles. The normalized spacial score (nSPS) is 10.2. The number of anilines is 1. The Morgan fingerprint density at radius 1 is 1.38 bits per heavy atom. The number of nitrogens with two attached hydrogens (primary N) is 1. The van der Waals surface area contributed by atoms with Crippen molar-refractivity contribution < 1.29 is 5.11 Å². The molecular weight excluding hydrogens is 186 g/mol. The van der Waals surface area contributed by atoms with Crippen LogP contribution in [-0.2, 0) is 0 Å². The molecule has 0 aliphatic carbocycles. The molecule has 0 amide bonds. The molecule has 0 atom stereocenters. The van der Waals surface area contributed by atoms with Gasteiger partial charge in [-0.25, -0.2) is 4.98 Å². The van der Waals surface area contributed by atoms with Crippen LogP contribution in [0.1, 0.15) is 0 Å². The number of nitrogen functional groups attached to an aromatic ring is 1. The average Bonchev–Trinajstić information content (AvgIpc) is 2.61. The molecule has 0 aliphatic heterocycles. The third-order valence-electron chi connectivity index (χ3n) is 1.59. The van der Waals surface area contributed by atoms with Gasteiger partial charge >= 0.3 is 0 Å². The van der Waals surface area contributed by atoms with Gasteiger partial charge in [-0.15, -0.1) is 11.3 Å². The Kier molecular flexibility index (Phi) is 1.86. The maximum atomic E-state index is 9.42. The minimum atomic E-state index is -0.0153. The van der Waals surface area contributed by atoms with Gasteiger partial charge in [0.25, 0.3) is 0 Å². The van der Waals surface area contributed by atoms with E-state index in [1.165, 1.54) is 17.5 Å². The predicted molar refractivity (Wildman–Crippen MR) is 51.4 cm³/mol. The quantitative estimate of drug-likeness (QED) is 0.719. The molecule has 2 rings (SSSR count). The van der Waals surface area contributed by atoms with Crippen molar-refractivity contribution >= 4 is 17.0 Å². The van der Waals surface area contributed by atoms with Gasteiger partial charge in [0.1, 0.15) is 0 Å². The first kappa shape index (κ1) is 8.00. The van der Waals surface area contributed by atoms with E-state index in [0.717, 1.165) is 4.88 Å². The number of nitrogens with zero attached hydrogens (tertiary/aromatic N) is 2. The molecule has 4 nitrogen and oxygen atoms in total. The summed E-state index contributed by atoms with van der Waals surface area (Å²) >= 11 is 1.43. The largest absolute Gasteiger partial charge is 0.493 e. The Labute approximate surface area is 78.7 Å². The SMILES string of the molecule is Nc1cnc(O)c(-c2cncs2)c1. The van der Waals surface area contributed by atoms with Crippen LogP contribution in [0.5, 0.6) is 5.88 Å². The molecule has 0 saturated heterocycles. The van der Waals surface area contributed by atoms with Gasteiger partial charge in [0.05, 0.1) is 27.8 Å². The van der Waals surface area contributed by atoms with Crippen LogP contribution in [0.3, 0.4) is 0 Å². The van der Waals surface area contributed by atoms with Crippen molar-refractivity contribution in [3.63, 3.8) is 0 Å². The van der Waals surface area contributed by atoms with Gasteiger partial charge in [0.2, 0.25) is 5.88 Å². The number of hydrogen-bond donors (Lipinski definition) is 2. The molecule has 0 saturated carbocycles. The van der Waals surface area contributed by atoms with E-state index in [0.29, 0.717) is 11.3 Å². The molecule has 0 aliphatic rings. The highest BCUT2D eigenvalue weighted by molar-refractivity contribution is 7.13. The monoisotopic (exact) mass is 193 g/mol. The zero-order valence-corrected chi connectivity index (χ0v) is 7.45. The van der Waals surface area contributed by atoms with Crippen LogP contribution < -0.4 is 5.73 Å². The van der Waals surface area contributed by atoms with E-state index >= 15 is 0 Å². The lowest BCUT2D eigenvalue weighted by Gasteiger charge is -2.00. The van der Waals surface area contributed by atoms with Crippen molar-refractivity contribution in [3.8, 4) is 16.3 Å². The van der Waals surface area contributed by atoms with Gasteiger partial charge in [-0.05, 0) is 6.07 Å². The molecule has 66 valence electrons. The molecule has 13 heavy (non-hydrogen) atoms. The Morgan fingerprint density at radius 2 is 2.23 bits per heavy atom. The molecular formula is C8H7N3OS. The Bertz CT molecular complexity index is 413. The van der Waals surface area contributed by atoms with E-state index < -0.39 is 0 Å². The van der Waals surface area contributed by atoms with E-state index in [1.807, 2.05) is 0 Å². The second kappa shape index (κ2) is 3.02. The summed E-state index contributed by atoms with van der Waals surface area (Å²) in [7, 11) is 0. The van der Waals surface area contributed by atoms with E-state index in [4.69, 9.17) is 5.73 Å². The minimum absolute atomic E-state index is 0.0153. The topological polar surface area (TPSA) is 72.0 Å². The molecule has 0 radical (unpaired) electrons. The lowest BCUT2D eigenvalue weighted by molar-refractivity contribution is 0.456. The fraction of sp³-hybridized carbons (Fsp3) is 0. The Morgan fingerprint density at radius 3 is 2.92 bits per heavy atom. The number of thiazole rings is 1. The summed E-state index contributed by atoms with van der Waals surface area (Å²) in [5.74, 6) is -0.0153. The fourth-order valence-electron chi connectivity index (χ4n) is 1.00. The Balaban J connectivity index is 2.57. The number of rotatable bonds is 1.